The zero-order chi connectivity index (χ0) is 15.7. The molecule has 1 aromatic rings. The Hall–Kier alpha value is -2.17. The summed E-state index contributed by atoms with van der Waals surface area (Å²) in [5.74, 6) is -1.32. The third-order valence-corrected chi connectivity index (χ3v) is 3.28. The first-order valence-electron chi connectivity index (χ1n) is 6.91. The van der Waals surface area contributed by atoms with E-state index in [4.69, 9.17) is 5.11 Å². The summed E-state index contributed by atoms with van der Waals surface area (Å²) in [6.45, 7) is 0. The van der Waals surface area contributed by atoms with Crippen LogP contribution in [0.1, 0.15) is 41.6 Å². The summed E-state index contributed by atoms with van der Waals surface area (Å²) in [4.78, 5) is 32.8. The van der Waals surface area contributed by atoms with Crippen molar-refractivity contribution in [2.45, 2.75) is 32.1 Å². The Balaban J connectivity index is 2.47. The second-order valence-corrected chi connectivity index (χ2v) is 4.93. The van der Waals surface area contributed by atoms with Crippen molar-refractivity contribution in [3.8, 4) is 0 Å². The third kappa shape index (κ3) is 6.21. The first-order valence-corrected chi connectivity index (χ1v) is 6.91. The molecular formula is C16H20O5. The quantitative estimate of drug-likeness (QED) is 0.429. The van der Waals surface area contributed by atoms with Gasteiger partial charge in [0.15, 0.2) is 0 Å². The number of carbonyl (C=O) groups is 3. The lowest BCUT2D eigenvalue weighted by Gasteiger charge is -2.10. The van der Waals surface area contributed by atoms with Gasteiger partial charge in [-0.3, -0.25) is 4.79 Å². The van der Waals surface area contributed by atoms with E-state index >= 15 is 0 Å². The molecule has 0 spiro atoms. The molecule has 0 amide bonds. The Labute approximate surface area is 123 Å². The monoisotopic (exact) mass is 292 g/mol. The fraction of sp³-hybridized carbons (Fsp3) is 0.438. The van der Waals surface area contributed by atoms with Crippen LogP contribution in [0, 0.1) is 5.92 Å². The normalized spacial score (nSPS) is 11.7. The van der Waals surface area contributed by atoms with Gasteiger partial charge in [-0.1, -0.05) is 18.6 Å². The Morgan fingerprint density at radius 3 is 2.43 bits per heavy atom. The average molecular weight is 292 g/mol. The molecule has 5 heteroatoms. The molecular weight excluding hydrogens is 272 g/mol. The van der Waals surface area contributed by atoms with Crippen LogP contribution in [0.3, 0.4) is 0 Å². The van der Waals surface area contributed by atoms with Gasteiger partial charge in [-0.25, -0.2) is 4.79 Å². The predicted octanol–water partition coefficient (Wildman–Crippen LogP) is 2.48. The van der Waals surface area contributed by atoms with Crippen LogP contribution in [-0.2, 0) is 20.7 Å². The van der Waals surface area contributed by atoms with Gasteiger partial charge in [0, 0.05) is 12.3 Å². The minimum Gasteiger partial charge on any atom is -0.481 e. The molecule has 114 valence electrons. The van der Waals surface area contributed by atoms with Gasteiger partial charge >= 0.3 is 11.9 Å². The van der Waals surface area contributed by atoms with Crippen LogP contribution < -0.4 is 0 Å². The number of methoxy groups -OCH3 is 1. The molecule has 0 saturated carbocycles. The Bertz CT molecular complexity index is 478. The van der Waals surface area contributed by atoms with Gasteiger partial charge in [0.1, 0.15) is 6.29 Å². The van der Waals surface area contributed by atoms with E-state index in [1.165, 1.54) is 7.11 Å². The second-order valence-electron chi connectivity index (χ2n) is 4.93. The van der Waals surface area contributed by atoms with E-state index in [-0.39, 0.29) is 18.3 Å². The van der Waals surface area contributed by atoms with Crippen LogP contribution in [0.2, 0.25) is 0 Å². The molecule has 1 N–H and O–H groups in total. The van der Waals surface area contributed by atoms with Crippen molar-refractivity contribution in [1.29, 1.82) is 0 Å². The molecule has 1 rings (SSSR count). The van der Waals surface area contributed by atoms with Gasteiger partial charge in [-0.2, -0.15) is 0 Å². The number of aldehydes is 1. The number of ether oxygens (including phenoxy) is 1. The van der Waals surface area contributed by atoms with Gasteiger partial charge < -0.3 is 14.6 Å². The number of carboxylic acid groups (broad SMARTS) is 1. The summed E-state index contributed by atoms with van der Waals surface area (Å²) in [5.41, 5.74) is 1.45. The van der Waals surface area contributed by atoms with E-state index in [1.54, 1.807) is 24.3 Å². The standard InChI is InChI=1S/C16H20O5/c1-21-16(20)14-8-6-12(7-9-14)10-13(11-17)4-2-3-5-15(18)19/h6-9,11,13H,2-5,10H2,1H3,(H,18,19). The first-order chi connectivity index (χ1) is 10.1. The number of carbonyl (C=O) groups excluding carboxylic acids is 2. The minimum atomic E-state index is -0.809. The highest BCUT2D eigenvalue weighted by Crippen LogP contribution is 2.15. The van der Waals surface area contributed by atoms with Gasteiger partial charge in [0.25, 0.3) is 0 Å². The summed E-state index contributed by atoms with van der Waals surface area (Å²) in [7, 11) is 1.33. The number of rotatable bonds is 9. The summed E-state index contributed by atoms with van der Waals surface area (Å²) in [6, 6.07) is 6.96. The van der Waals surface area contributed by atoms with E-state index in [2.05, 4.69) is 4.74 Å². The maximum atomic E-state index is 11.3. The molecule has 21 heavy (non-hydrogen) atoms. The largest absolute Gasteiger partial charge is 0.481 e. The minimum absolute atomic E-state index is 0.122. The van der Waals surface area contributed by atoms with E-state index in [1.807, 2.05) is 0 Å². The first kappa shape index (κ1) is 16.9. The van der Waals surface area contributed by atoms with Crippen LogP contribution in [0.4, 0.5) is 0 Å². The highest BCUT2D eigenvalue weighted by atomic mass is 16.5. The Morgan fingerprint density at radius 1 is 1.24 bits per heavy atom. The molecule has 0 saturated heterocycles. The number of carboxylic acids is 1. The molecule has 0 fully saturated rings. The summed E-state index contributed by atoms with van der Waals surface area (Å²) >= 11 is 0. The zero-order valence-corrected chi connectivity index (χ0v) is 12.1. The number of hydrogen-bond acceptors (Lipinski definition) is 4. The number of aliphatic carboxylic acids is 1. The van der Waals surface area contributed by atoms with Crippen molar-refractivity contribution in [3.63, 3.8) is 0 Å². The van der Waals surface area contributed by atoms with Crippen LogP contribution in [0.15, 0.2) is 24.3 Å². The third-order valence-electron chi connectivity index (χ3n) is 3.28. The molecule has 1 unspecified atom stereocenters. The summed E-state index contributed by atoms with van der Waals surface area (Å²) in [6.07, 6.45) is 3.62. The van der Waals surface area contributed by atoms with E-state index in [9.17, 15) is 14.4 Å². The second kappa shape index (κ2) is 8.89. The van der Waals surface area contributed by atoms with Crippen molar-refractivity contribution in [1.82, 2.24) is 0 Å². The van der Waals surface area contributed by atoms with Crippen molar-refractivity contribution < 1.29 is 24.2 Å². The SMILES string of the molecule is COC(=O)c1ccc(CC(C=O)CCCCC(=O)O)cc1. The van der Waals surface area contributed by atoms with Crippen LogP contribution >= 0.6 is 0 Å². The Morgan fingerprint density at radius 2 is 1.90 bits per heavy atom. The van der Waals surface area contributed by atoms with Crippen molar-refractivity contribution in [3.05, 3.63) is 35.4 Å². The summed E-state index contributed by atoms with van der Waals surface area (Å²) in [5, 5.41) is 8.55. The zero-order valence-electron chi connectivity index (χ0n) is 12.1. The number of esters is 1. The molecule has 0 aromatic heterocycles. The maximum absolute atomic E-state index is 11.3. The summed E-state index contributed by atoms with van der Waals surface area (Å²) < 4.78 is 4.62. The Kier molecular flexibility index (Phi) is 7.15. The van der Waals surface area contributed by atoms with E-state index in [0.29, 0.717) is 24.8 Å². The van der Waals surface area contributed by atoms with Crippen molar-refractivity contribution in [2.24, 2.45) is 5.92 Å². The van der Waals surface area contributed by atoms with Crippen LogP contribution in [0.25, 0.3) is 0 Å². The molecule has 0 aliphatic rings. The fourth-order valence-corrected chi connectivity index (χ4v) is 2.10. The predicted molar refractivity (Wildman–Crippen MR) is 77.1 cm³/mol. The molecule has 0 aliphatic carbocycles. The number of hydrogen-bond donors (Lipinski definition) is 1. The molecule has 0 radical (unpaired) electrons. The van der Waals surface area contributed by atoms with Gasteiger partial charge in [0.05, 0.1) is 12.7 Å². The van der Waals surface area contributed by atoms with Crippen LogP contribution in [-0.4, -0.2) is 30.4 Å². The van der Waals surface area contributed by atoms with E-state index < -0.39 is 5.97 Å². The highest BCUT2D eigenvalue weighted by Gasteiger charge is 2.10. The molecule has 0 bridgehead atoms. The molecule has 0 heterocycles. The fourth-order valence-electron chi connectivity index (χ4n) is 2.10. The number of benzene rings is 1. The van der Waals surface area contributed by atoms with E-state index in [0.717, 1.165) is 18.3 Å². The van der Waals surface area contributed by atoms with Gasteiger partial charge in [-0.05, 0) is 37.0 Å². The smallest absolute Gasteiger partial charge is 0.337 e. The lowest BCUT2D eigenvalue weighted by Crippen LogP contribution is -2.07. The van der Waals surface area contributed by atoms with Crippen molar-refractivity contribution in [2.75, 3.05) is 7.11 Å². The topological polar surface area (TPSA) is 80.7 Å². The number of unbranched alkanes of at least 4 members (excludes halogenated alkanes) is 1. The van der Waals surface area contributed by atoms with Gasteiger partial charge in [-0.15, -0.1) is 0 Å². The lowest BCUT2D eigenvalue weighted by atomic mass is 9.94. The highest BCUT2D eigenvalue weighted by molar-refractivity contribution is 5.89. The average Bonchev–Trinajstić information content (AvgIpc) is 2.49. The maximum Gasteiger partial charge on any atom is 0.337 e. The molecule has 0 aliphatic heterocycles. The molecule has 1 aromatic carbocycles. The molecule has 5 nitrogen and oxygen atoms in total. The van der Waals surface area contributed by atoms with Crippen LogP contribution in [0.5, 0.6) is 0 Å². The van der Waals surface area contributed by atoms with Crippen molar-refractivity contribution >= 4 is 18.2 Å². The van der Waals surface area contributed by atoms with Gasteiger partial charge in [0.2, 0.25) is 0 Å². The lowest BCUT2D eigenvalue weighted by molar-refractivity contribution is -0.137. The molecule has 1 atom stereocenters.